The molecule has 0 aliphatic heterocycles. The van der Waals surface area contributed by atoms with E-state index in [1.54, 1.807) is 14.2 Å². The highest BCUT2D eigenvalue weighted by atomic mass is 127. The van der Waals surface area contributed by atoms with Crippen molar-refractivity contribution in [1.29, 1.82) is 0 Å². The normalized spacial score (nSPS) is 15.0. The summed E-state index contributed by atoms with van der Waals surface area (Å²) in [6.45, 7) is 0.882. The van der Waals surface area contributed by atoms with E-state index in [0.717, 1.165) is 24.2 Å². The van der Waals surface area contributed by atoms with E-state index in [9.17, 15) is 4.79 Å². The van der Waals surface area contributed by atoms with E-state index in [2.05, 4.69) is 15.6 Å². The monoisotopic (exact) mass is 474 g/mol. The molecule has 6 nitrogen and oxygen atoms in total. The summed E-state index contributed by atoms with van der Waals surface area (Å²) in [4.78, 5) is 18.4. The Morgan fingerprint density at radius 1 is 1.27 bits per heavy atom. The number of halogens is 1. The van der Waals surface area contributed by atoms with Crippen molar-refractivity contribution in [2.75, 3.05) is 27.7 Å². The fourth-order valence-electron chi connectivity index (χ4n) is 3.23. The smallest absolute Gasteiger partial charge is 0.239 e. The van der Waals surface area contributed by atoms with Crippen LogP contribution in [0.3, 0.4) is 0 Å². The van der Waals surface area contributed by atoms with Gasteiger partial charge in [-0.05, 0) is 18.9 Å². The van der Waals surface area contributed by atoms with Crippen molar-refractivity contribution < 1.29 is 9.53 Å². The molecule has 1 aromatic rings. The number of hydrogen-bond donors (Lipinski definition) is 2. The molecule has 1 fully saturated rings. The van der Waals surface area contributed by atoms with Crippen molar-refractivity contribution in [3.8, 4) is 5.75 Å². The molecule has 7 heteroatoms. The van der Waals surface area contributed by atoms with Gasteiger partial charge in [-0.3, -0.25) is 9.79 Å². The van der Waals surface area contributed by atoms with Crippen LogP contribution in [-0.2, 0) is 11.3 Å². The average molecular weight is 474 g/mol. The first-order valence-corrected chi connectivity index (χ1v) is 8.97. The number of ether oxygens (including phenoxy) is 1. The number of guanidine groups is 1. The molecular weight excluding hydrogens is 443 g/mol. The molecule has 0 atom stereocenters. The molecule has 26 heavy (non-hydrogen) atoms. The Morgan fingerprint density at radius 2 is 1.96 bits per heavy atom. The van der Waals surface area contributed by atoms with E-state index in [1.165, 1.54) is 19.3 Å². The van der Waals surface area contributed by atoms with Crippen LogP contribution >= 0.6 is 24.0 Å². The number of hydrogen-bond acceptors (Lipinski definition) is 3. The first-order valence-electron chi connectivity index (χ1n) is 8.97. The second-order valence-electron chi connectivity index (χ2n) is 6.47. The van der Waals surface area contributed by atoms with Crippen molar-refractivity contribution in [1.82, 2.24) is 15.5 Å². The van der Waals surface area contributed by atoms with Gasteiger partial charge < -0.3 is 20.3 Å². The average Bonchev–Trinajstić information content (AvgIpc) is 2.63. The summed E-state index contributed by atoms with van der Waals surface area (Å²) in [6.07, 6.45) is 5.89. The quantitative estimate of drug-likeness (QED) is 0.378. The number of methoxy groups -OCH3 is 1. The molecule has 2 rings (SSSR count). The van der Waals surface area contributed by atoms with Crippen LogP contribution in [0.25, 0.3) is 0 Å². The number of carbonyl (C=O) groups excluding carboxylic acids is 1. The maximum atomic E-state index is 12.1. The van der Waals surface area contributed by atoms with E-state index in [-0.39, 0.29) is 36.4 Å². The topological polar surface area (TPSA) is 66.0 Å². The Balaban J connectivity index is 0.00000338. The van der Waals surface area contributed by atoms with E-state index in [1.807, 2.05) is 36.2 Å². The molecule has 2 N–H and O–H groups in total. The van der Waals surface area contributed by atoms with Crippen LogP contribution < -0.4 is 15.4 Å². The second-order valence-corrected chi connectivity index (χ2v) is 6.47. The Labute approximate surface area is 173 Å². The fourth-order valence-corrected chi connectivity index (χ4v) is 3.23. The summed E-state index contributed by atoms with van der Waals surface area (Å²) >= 11 is 0. The minimum Gasteiger partial charge on any atom is -0.496 e. The Hall–Kier alpha value is -1.51. The number of amides is 1. The molecule has 0 spiro atoms. The minimum absolute atomic E-state index is 0. The molecule has 0 heterocycles. The lowest BCUT2D eigenvalue weighted by atomic mass is 9.95. The summed E-state index contributed by atoms with van der Waals surface area (Å²) < 4.78 is 5.39. The Kier molecular flexibility index (Phi) is 10.4. The van der Waals surface area contributed by atoms with Gasteiger partial charge >= 0.3 is 0 Å². The van der Waals surface area contributed by atoms with Gasteiger partial charge in [0.25, 0.3) is 0 Å². The molecule has 0 bridgehead atoms. The standard InChI is InChI=1S/C19H30N4O2.HI/c1-20-19(21-13-18(24)22-16-10-5-4-6-11-16)23(2)14-15-9-7-8-12-17(15)25-3;/h7-9,12,16H,4-6,10-11,13-14H2,1-3H3,(H,20,21)(H,22,24);1H. The van der Waals surface area contributed by atoms with E-state index in [0.29, 0.717) is 18.5 Å². The van der Waals surface area contributed by atoms with Gasteiger partial charge in [0.05, 0.1) is 13.7 Å². The molecule has 1 aliphatic carbocycles. The van der Waals surface area contributed by atoms with Crippen LogP contribution in [0.1, 0.15) is 37.7 Å². The molecule has 1 aromatic carbocycles. The highest BCUT2D eigenvalue weighted by Gasteiger charge is 2.16. The van der Waals surface area contributed by atoms with Crippen LogP contribution in [0, 0.1) is 0 Å². The predicted molar refractivity (Wildman–Crippen MR) is 116 cm³/mol. The molecule has 1 amide bonds. The van der Waals surface area contributed by atoms with Gasteiger partial charge in [-0.2, -0.15) is 0 Å². The molecule has 1 aliphatic rings. The summed E-state index contributed by atoms with van der Waals surface area (Å²) in [7, 11) is 5.34. The first kappa shape index (κ1) is 22.5. The predicted octanol–water partition coefficient (Wildman–Crippen LogP) is 2.77. The van der Waals surface area contributed by atoms with Crippen molar-refractivity contribution >= 4 is 35.8 Å². The number of nitrogens with zero attached hydrogens (tertiary/aromatic N) is 2. The van der Waals surface area contributed by atoms with Crippen LogP contribution in [0.2, 0.25) is 0 Å². The van der Waals surface area contributed by atoms with Gasteiger partial charge in [0.15, 0.2) is 5.96 Å². The third-order valence-electron chi connectivity index (χ3n) is 4.55. The zero-order chi connectivity index (χ0) is 18.1. The summed E-state index contributed by atoms with van der Waals surface area (Å²) in [5.74, 6) is 1.56. The van der Waals surface area contributed by atoms with Gasteiger partial charge in [0.1, 0.15) is 5.75 Å². The Bertz CT molecular complexity index is 589. The molecule has 0 unspecified atom stereocenters. The molecule has 0 saturated heterocycles. The number of carbonyl (C=O) groups is 1. The summed E-state index contributed by atoms with van der Waals surface area (Å²) in [6, 6.07) is 8.23. The van der Waals surface area contributed by atoms with Crippen LogP contribution in [0.5, 0.6) is 5.75 Å². The lowest BCUT2D eigenvalue weighted by Gasteiger charge is -2.25. The van der Waals surface area contributed by atoms with Crippen molar-refractivity contribution in [3.05, 3.63) is 29.8 Å². The van der Waals surface area contributed by atoms with Crippen molar-refractivity contribution in [2.24, 2.45) is 4.99 Å². The van der Waals surface area contributed by atoms with Crippen LogP contribution in [0.4, 0.5) is 0 Å². The van der Waals surface area contributed by atoms with Gasteiger partial charge in [-0.25, -0.2) is 0 Å². The lowest BCUT2D eigenvalue weighted by molar-refractivity contribution is -0.120. The van der Waals surface area contributed by atoms with Gasteiger partial charge in [-0.1, -0.05) is 37.5 Å². The first-order chi connectivity index (χ1) is 12.1. The zero-order valence-electron chi connectivity index (χ0n) is 16.0. The maximum absolute atomic E-state index is 12.1. The minimum atomic E-state index is 0. The fraction of sp³-hybridized carbons (Fsp3) is 0.579. The lowest BCUT2D eigenvalue weighted by Crippen LogP contribution is -2.46. The van der Waals surface area contributed by atoms with E-state index in [4.69, 9.17) is 4.74 Å². The largest absolute Gasteiger partial charge is 0.496 e. The van der Waals surface area contributed by atoms with Crippen LogP contribution in [-0.4, -0.2) is 50.6 Å². The number of rotatable bonds is 6. The summed E-state index contributed by atoms with van der Waals surface area (Å²) in [5, 5.41) is 6.25. The third kappa shape index (κ3) is 7.01. The Morgan fingerprint density at radius 3 is 2.62 bits per heavy atom. The molecule has 146 valence electrons. The molecular formula is C19H31IN4O2. The van der Waals surface area contributed by atoms with Crippen LogP contribution in [0.15, 0.2) is 29.3 Å². The van der Waals surface area contributed by atoms with Crippen molar-refractivity contribution in [2.45, 2.75) is 44.7 Å². The number of benzene rings is 1. The number of para-hydroxylation sites is 1. The van der Waals surface area contributed by atoms with E-state index >= 15 is 0 Å². The van der Waals surface area contributed by atoms with Crippen molar-refractivity contribution in [3.63, 3.8) is 0 Å². The molecule has 0 aromatic heterocycles. The highest BCUT2D eigenvalue weighted by molar-refractivity contribution is 14.0. The maximum Gasteiger partial charge on any atom is 0.239 e. The molecule has 0 radical (unpaired) electrons. The molecule has 1 saturated carbocycles. The summed E-state index contributed by atoms with van der Waals surface area (Å²) in [5.41, 5.74) is 1.07. The third-order valence-corrected chi connectivity index (χ3v) is 4.55. The zero-order valence-corrected chi connectivity index (χ0v) is 18.3. The number of nitrogens with one attached hydrogen (secondary N) is 2. The highest BCUT2D eigenvalue weighted by Crippen LogP contribution is 2.19. The van der Waals surface area contributed by atoms with E-state index < -0.39 is 0 Å². The number of aliphatic imine (C=N–C) groups is 1. The SMILES string of the molecule is CN=C(NCC(=O)NC1CCCCC1)N(C)Cc1ccccc1OC.I. The van der Waals surface area contributed by atoms with Gasteiger partial charge in [-0.15, -0.1) is 24.0 Å². The second kappa shape index (κ2) is 12.0. The van der Waals surface area contributed by atoms with Gasteiger partial charge in [0, 0.05) is 32.2 Å². The van der Waals surface area contributed by atoms with Gasteiger partial charge in [0.2, 0.25) is 5.91 Å².